The van der Waals surface area contributed by atoms with E-state index in [9.17, 15) is 18.5 Å². The van der Waals surface area contributed by atoms with Gasteiger partial charge in [-0.1, -0.05) is 12.8 Å². The number of nitrogens with one attached hydrogen (secondary N) is 1. The number of nitrogens with zero attached hydrogens (tertiary/aromatic N) is 1. The van der Waals surface area contributed by atoms with Gasteiger partial charge in [-0.15, -0.1) is 6.42 Å². The SMILES string of the molecule is C#CC(CC)NS(=O)(=O)c1cc([N+](=O)[O-])cc(C)c1C. The maximum atomic E-state index is 12.3. The van der Waals surface area contributed by atoms with E-state index >= 15 is 0 Å². The highest BCUT2D eigenvalue weighted by molar-refractivity contribution is 7.89. The normalized spacial score (nSPS) is 12.7. The van der Waals surface area contributed by atoms with Crippen LogP contribution in [0.5, 0.6) is 0 Å². The van der Waals surface area contributed by atoms with Gasteiger partial charge in [0.05, 0.1) is 15.9 Å². The van der Waals surface area contributed by atoms with Crippen molar-refractivity contribution in [1.29, 1.82) is 0 Å². The molecule has 1 aromatic carbocycles. The summed E-state index contributed by atoms with van der Waals surface area (Å²) >= 11 is 0. The Morgan fingerprint density at radius 1 is 1.45 bits per heavy atom. The number of hydrogen-bond donors (Lipinski definition) is 1. The first-order valence-corrected chi connectivity index (χ1v) is 7.45. The molecule has 1 atom stereocenters. The van der Waals surface area contributed by atoms with E-state index < -0.39 is 21.0 Å². The third kappa shape index (κ3) is 3.35. The molecule has 1 aromatic rings. The summed E-state index contributed by atoms with van der Waals surface area (Å²) in [5.41, 5.74) is 0.741. The Morgan fingerprint density at radius 2 is 2.05 bits per heavy atom. The van der Waals surface area contributed by atoms with Crippen molar-refractivity contribution in [3.63, 3.8) is 0 Å². The fraction of sp³-hybridized carbons (Fsp3) is 0.385. The highest BCUT2D eigenvalue weighted by Crippen LogP contribution is 2.25. The molecule has 108 valence electrons. The third-order valence-electron chi connectivity index (χ3n) is 3.01. The van der Waals surface area contributed by atoms with E-state index in [1.807, 2.05) is 0 Å². The van der Waals surface area contributed by atoms with E-state index in [2.05, 4.69) is 10.6 Å². The molecule has 1 N–H and O–H groups in total. The number of sulfonamides is 1. The van der Waals surface area contributed by atoms with Gasteiger partial charge in [0.15, 0.2) is 0 Å². The first kappa shape index (κ1) is 16.1. The molecule has 7 heteroatoms. The van der Waals surface area contributed by atoms with E-state index in [1.54, 1.807) is 20.8 Å². The van der Waals surface area contributed by atoms with E-state index in [0.717, 1.165) is 6.07 Å². The summed E-state index contributed by atoms with van der Waals surface area (Å²) in [5.74, 6) is 2.32. The van der Waals surface area contributed by atoms with Crippen molar-refractivity contribution in [3.8, 4) is 12.3 Å². The van der Waals surface area contributed by atoms with Crippen molar-refractivity contribution in [1.82, 2.24) is 4.72 Å². The zero-order chi connectivity index (χ0) is 15.5. The van der Waals surface area contributed by atoms with Crippen LogP contribution in [0.1, 0.15) is 24.5 Å². The minimum Gasteiger partial charge on any atom is -0.258 e. The van der Waals surface area contributed by atoms with Crippen LogP contribution in [-0.2, 0) is 10.0 Å². The van der Waals surface area contributed by atoms with Crippen LogP contribution in [0, 0.1) is 36.3 Å². The van der Waals surface area contributed by atoms with Crippen LogP contribution in [0.3, 0.4) is 0 Å². The zero-order valence-corrected chi connectivity index (χ0v) is 12.3. The lowest BCUT2D eigenvalue weighted by atomic mass is 10.1. The largest absolute Gasteiger partial charge is 0.271 e. The topological polar surface area (TPSA) is 89.3 Å². The average Bonchev–Trinajstić information content (AvgIpc) is 2.38. The van der Waals surface area contributed by atoms with Gasteiger partial charge >= 0.3 is 0 Å². The van der Waals surface area contributed by atoms with Gasteiger partial charge < -0.3 is 0 Å². The number of nitro benzene ring substituents is 1. The maximum absolute atomic E-state index is 12.3. The molecular weight excluding hydrogens is 280 g/mol. The number of aryl methyl sites for hydroxylation is 1. The van der Waals surface area contributed by atoms with E-state index in [-0.39, 0.29) is 10.6 Å². The molecule has 0 fully saturated rings. The third-order valence-corrected chi connectivity index (χ3v) is 4.61. The lowest BCUT2D eigenvalue weighted by molar-refractivity contribution is -0.385. The standard InChI is InChI=1S/C13H16N2O4S/c1-5-11(6-2)14-20(18,19)13-8-12(15(16)17)7-9(3)10(13)4/h1,7-8,11,14H,6H2,2-4H3. The van der Waals surface area contributed by atoms with Crippen molar-refractivity contribution in [2.45, 2.75) is 38.1 Å². The second-order valence-electron chi connectivity index (χ2n) is 4.39. The Labute approximate surface area is 118 Å². The van der Waals surface area contributed by atoms with Gasteiger partial charge in [-0.2, -0.15) is 4.72 Å². The number of benzene rings is 1. The zero-order valence-electron chi connectivity index (χ0n) is 11.5. The molecule has 0 spiro atoms. The van der Waals surface area contributed by atoms with Crippen molar-refractivity contribution in [3.05, 3.63) is 33.4 Å². The lowest BCUT2D eigenvalue weighted by Gasteiger charge is -2.14. The van der Waals surface area contributed by atoms with Gasteiger partial charge in [0.25, 0.3) is 5.69 Å². The molecule has 0 radical (unpaired) electrons. The first-order chi connectivity index (χ1) is 9.22. The molecular formula is C13H16N2O4S. The molecule has 1 unspecified atom stereocenters. The molecule has 0 heterocycles. The van der Waals surface area contributed by atoms with Crippen molar-refractivity contribution in [2.75, 3.05) is 0 Å². The maximum Gasteiger partial charge on any atom is 0.271 e. The molecule has 0 aliphatic carbocycles. The number of rotatable bonds is 5. The molecule has 0 saturated carbocycles. The lowest BCUT2D eigenvalue weighted by Crippen LogP contribution is -2.33. The van der Waals surface area contributed by atoms with Crippen molar-refractivity contribution in [2.24, 2.45) is 0 Å². The summed E-state index contributed by atoms with van der Waals surface area (Å²) in [6, 6.07) is 1.75. The predicted molar refractivity (Wildman–Crippen MR) is 75.8 cm³/mol. The predicted octanol–water partition coefficient (Wildman–Crippen LogP) is 1.90. The van der Waals surface area contributed by atoms with Crippen LogP contribution in [-0.4, -0.2) is 19.4 Å². The Kier molecular flexibility index (Phi) is 4.87. The summed E-state index contributed by atoms with van der Waals surface area (Å²) in [5, 5.41) is 10.8. The molecule has 0 aromatic heterocycles. The molecule has 20 heavy (non-hydrogen) atoms. The van der Waals surface area contributed by atoms with Gasteiger partial charge in [0.2, 0.25) is 10.0 Å². The summed E-state index contributed by atoms with van der Waals surface area (Å²) in [6.45, 7) is 4.98. The Bertz CT molecular complexity index is 674. The number of terminal acetylenes is 1. The van der Waals surface area contributed by atoms with Crippen molar-refractivity contribution < 1.29 is 13.3 Å². The molecule has 1 rings (SSSR count). The monoisotopic (exact) mass is 296 g/mol. The average molecular weight is 296 g/mol. The van der Waals surface area contributed by atoms with Crippen LogP contribution >= 0.6 is 0 Å². The molecule has 0 bridgehead atoms. The number of non-ortho nitro benzene ring substituents is 1. The Morgan fingerprint density at radius 3 is 2.50 bits per heavy atom. The smallest absolute Gasteiger partial charge is 0.258 e. The van der Waals surface area contributed by atoms with Crippen LogP contribution in [0.15, 0.2) is 17.0 Å². The fourth-order valence-corrected chi connectivity index (χ4v) is 3.26. The van der Waals surface area contributed by atoms with E-state index in [4.69, 9.17) is 6.42 Å². The second kappa shape index (κ2) is 6.03. The number of nitro groups is 1. The fourth-order valence-electron chi connectivity index (χ4n) is 1.68. The molecule has 0 aliphatic heterocycles. The van der Waals surface area contributed by atoms with Crippen LogP contribution in [0.25, 0.3) is 0 Å². The van der Waals surface area contributed by atoms with Gasteiger partial charge in [-0.3, -0.25) is 10.1 Å². The van der Waals surface area contributed by atoms with Gasteiger partial charge in [0, 0.05) is 12.1 Å². The second-order valence-corrected chi connectivity index (χ2v) is 6.07. The summed E-state index contributed by atoms with van der Waals surface area (Å²) in [6.07, 6.45) is 5.66. The molecule has 0 amide bonds. The van der Waals surface area contributed by atoms with Crippen molar-refractivity contribution >= 4 is 15.7 Å². The first-order valence-electron chi connectivity index (χ1n) is 5.97. The summed E-state index contributed by atoms with van der Waals surface area (Å²) in [4.78, 5) is 10.1. The van der Waals surface area contributed by atoms with E-state index in [0.29, 0.717) is 17.5 Å². The van der Waals surface area contributed by atoms with Crippen LogP contribution < -0.4 is 4.72 Å². The quantitative estimate of drug-likeness (QED) is 0.510. The molecule has 0 saturated heterocycles. The Balaban J connectivity index is 3.38. The van der Waals surface area contributed by atoms with E-state index in [1.165, 1.54) is 6.07 Å². The highest BCUT2D eigenvalue weighted by atomic mass is 32.2. The molecule has 6 nitrogen and oxygen atoms in total. The minimum absolute atomic E-state index is 0.113. The minimum atomic E-state index is -3.89. The summed E-state index contributed by atoms with van der Waals surface area (Å²) < 4.78 is 26.9. The van der Waals surface area contributed by atoms with Crippen LogP contribution in [0.4, 0.5) is 5.69 Å². The van der Waals surface area contributed by atoms with Gasteiger partial charge in [0.1, 0.15) is 0 Å². The highest BCUT2D eigenvalue weighted by Gasteiger charge is 2.24. The van der Waals surface area contributed by atoms with Crippen LogP contribution in [0.2, 0.25) is 0 Å². The number of hydrogen-bond acceptors (Lipinski definition) is 4. The Hall–Kier alpha value is -1.91. The molecule has 0 aliphatic rings. The van der Waals surface area contributed by atoms with Gasteiger partial charge in [-0.25, -0.2) is 8.42 Å². The van der Waals surface area contributed by atoms with Gasteiger partial charge in [-0.05, 0) is 31.4 Å². The summed E-state index contributed by atoms with van der Waals surface area (Å²) in [7, 11) is -3.89.